The van der Waals surface area contributed by atoms with Crippen LogP contribution in [-0.4, -0.2) is 77.4 Å². The summed E-state index contributed by atoms with van der Waals surface area (Å²) in [6, 6.07) is -0.116. The fourth-order valence-corrected chi connectivity index (χ4v) is 4.98. The molecule has 1 aliphatic carbocycles. The third-order valence-corrected chi connectivity index (χ3v) is 7.30. The topological polar surface area (TPSA) is 134 Å². The normalized spacial score (nSPS) is 25.2. The maximum atomic E-state index is 11.7. The van der Waals surface area contributed by atoms with Gasteiger partial charge in [0.1, 0.15) is 5.82 Å². The minimum atomic E-state index is -3.18. The van der Waals surface area contributed by atoms with Crippen LogP contribution >= 0.6 is 0 Å². The lowest BCUT2D eigenvalue weighted by atomic mass is 10.0. The maximum Gasteiger partial charge on any atom is 0.330 e. The van der Waals surface area contributed by atoms with E-state index in [2.05, 4.69) is 20.6 Å². The highest BCUT2D eigenvalue weighted by atomic mass is 32.2. The number of nitrogens with zero attached hydrogens (tertiary/aromatic N) is 3. The number of aromatic nitrogens is 2. The van der Waals surface area contributed by atoms with Crippen molar-refractivity contribution in [1.29, 1.82) is 0 Å². The highest BCUT2D eigenvalue weighted by Crippen LogP contribution is 2.32. The van der Waals surface area contributed by atoms with Crippen LogP contribution in [0, 0.1) is 0 Å². The van der Waals surface area contributed by atoms with E-state index in [1.54, 1.807) is 19.2 Å². The fourth-order valence-electron chi connectivity index (χ4n) is 4.10. The molecule has 1 aliphatic heterocycles. The standard InChI is InChI=1S/C21H33N5O5S/c1-4-31-18(27)8-7-15-14-22-20(23-16-9-12-26(13-10-16)32(3,29)30)25-19(15)24-17-6-5-11-21(17,2)28/h7-8,14,16-17,28H,4-6,9-13H2,1-3H3,(H2,22,23,24,25). The lowest BCUT2D eigenvalue weighted by Crippen LogP contribution is -2.42. The second-order valence-electron chi connectivity index (χ2n) is 8.61. The third kappa shape index (κ3) is 6.39. The van der Waals surface area contributed by atoms with Crippen molar-refractivity contribution < 1.29 is 23.1 Å². The van der Waals surface area contributed by atoms with E-state index < -0.39 is 21.6 Å². The largest absolute Gasteiger partial charge is 0.463 e. The molecule has 32 heavy (non-hydrogen) atoms. The summed E-state index contributed by atoms with van der Waals surface area (Å²) in [7, 11) is -3.18. The van der Waals surface area contributed by atoms with Gasteiger partial charge in [0.25, 0.3) is 0 Å². The van der Waals surface area contributed by atoms with E-state index in [1.807, 2.05) is 6.92 Å². The molecule has 1 aromatic heterocycles. The number of esters is 1. The number of rotatable bonds is 8. The van der Waals surface area contributed by atoms with Gasteiger partial charge in [0, 0.05) is 37.0 Å². The smallest absolute Gasteiger partial charge is 0.330 e. The second-order valence-corrected chi connectivity index (χ2v) is 10.6. The van der Waals surface area contributed by atoms with Gasteiger partial charge in [-0.15, -0.1) is 0 Å². The van der Waals surface area contributed by atoms with Crippen molar-refractivity contribution in [2.45, 2.75) is 63.6 Å². The summed E-state index contributed by atoms with van der Waals surface area (Å²) in [5.41, 5.74) is -0.239. The number of hydrogen-bond acceptors (Lipinski definition) is 9. The number of aliphatic hydroxyl groups is 1. The van der Waals surface area contributed by atoms with Crippen LogP contribution in [0.1, 0.15) is 51.5 Å². The Morgan fingerprint density at radius 3 is 2.66 bits per heavy atom. The van der Waals surface area contributed by atoms with Crippen molar-refractivity contribution in [3.05, 3.63) is 17.8 Å². The average molecular weight is 468 g/mol. The lowest BCUT2D eigenvalue weighted by Gasteiger charge is -2.31. The van der Waals surface area contributed by atoms with Gasteiger partial charge in [0.15, 0.2) is 0 Å². The zero-order chi connectivity index (χ0) is 23.4. The molecule has 1 saturated heterocycles. The molecule has 2 unspecified atom stereocenters. The van der Waals surface area contributed by atoms with Crippen LogP contribution in [0.3, 0.4) is 0 Å². The molecule has 3 rings (SSSR count). The fraction of sp³-hybridized carbons (Fsp3) is 0.667. The number of anilines is 2. The van der Waals surface area contributed by atoms with Crippen LogP contribution in [0.2, 0.25) is 0 Å². The summed E-state index contributed by atoms with van der Waals surface area (Å²) in [6.07, 6.45) is 9.49. The van der Waals surface area contributed by atoms with E-state index in [1.165, 1.54) is 16.6 Å². The maximum absolute atomic E-state index is 11.7. The molecule has 0 spiro atoms. The molecular formula is C21H33N5O5S. The van der Waals surface area contributed by atoms with Crippen LogP contribution in [0.15, 0.2) is 12.3 Å². The molecule has 0 aromatic carbocycles. The Bertz CT molecular complexity index is 942. The third-order valence-electron chi connectivity index (χ3n) is 6.00. The first kappa shape index (κ1) is 24.4. The van der Waals surface area contributed by atoms with Crippen molar-refractivity contribution in [2.75, 3.05) is 36.6 Å². The van der Waals surface area contributed by atoms with Gasteiger partial charge in [-0.3, -0.25) is 0 Å². The molecule has 178 valence electrons. The molecule has 2 aliphatic rings. The number of hydrogen-bond donors (Lipinski definition) is 3. The number of ether oxygens (including phenoxy) is 1. The van der Waals surface area contributed by atoms with Gasteiger partial charge < -0.3 is 20.5 Å². The number of sulfonamides is 1. The Morgan fingerprint density at radius 1 is 1.34 bits per heavy atom. The molecule has 0 amide bonds. The first-order chi connectivity index (χ1) is 15.1. The van der Waals surface area contributed by atoms with Crippen molar-refractivity contribution in [2.24, 2.45) is 0 Å². The molecule has 2 atom stereocenters. The highest BCUT2D eigenvalue weighted by molar-refractivity contribution is 7.88. The van der Waals surface area contributed by atoms with Crippen LogP contribution in [0.25, 0.3) is 6.08 Å². The van der Waals surface area contributed by atoms with E-state index in [-0.39, 0.29) is 18.7 Å². The first-order valence-electron chi connectivity index (χ1n) is 11.0. The monoisotopic (exact) mass is 467 g/mol. The van der Waals surface area contributed by atoms with Crippen molar-refractivity contribution in [1.82, 2.24) is 14.3 Å². The molecule has 3 N–H and O–H groups in total. The average Bonchev–Trinajstić information content (AvgIpc) is 3.05. The Hall–Kier alpha value is -2.24. The number of nitrogens with one attached hydrogen (secondary N) is 2. The van der Waals surface area contributed by atoms with Crippen molar-refractivity contribution in [3.8, 4) is 0 Å². The van der Waals surface area contributed by atoms with E-state index in [4.69, 9.17) is 4.74 Å². The zero-order valence-corrected chi connectivity index (χ0v) is 19.7. The molecular weight excluding hydrogens is 434 g/mol. The van der Waals surface area contributed by atoms with Gasteiger partial charge in [-0.05, 0) is 52.0 Å². The summed E-state index contributed by atoms with van der Waals surface area (Å²) >= 11 is 0. The van der Waals surface area contributed by atoms with Gasteiger partial charge in [-0.1, -0.05) is 0 Å². The molecule has 11 heteroatoms. The van der Waals surface area contributed by atoms with Gasteiger partial charge >= 0.3 is 5.97 Å². The summed E-state index contributed by atoms with van der Waals surface area (Å²) in [5, 5.41) is 17.3. The van der Waals surface area contributed by atoms with Gasteiger partial charge in [-0.2, -0.15) is 4.98 Å². The Morgan fingerprint density at radius 2 is 2.06 bits per heavy atom. The summed E-state index contributed by atoms with van der Waals surface area (Å²) in [6.45, 7) is 4.74. The van der Waals surface area contributed by atoms with E-state index >= 15 is 0 Å². The van der Waals surface area contributed by atoms with E-state index in [9.17, 15) is 18.3 Å². The minimum Gasteiger partial charge on any atom is -0.463 e. The summed E-state index contributed by atoms with van der Waals surface area (Å²) in [4.78, 5) is 20.7. The Balaban J connectivity index is 1.75. The molecule has 2 fully saturated rings. The lowest BCUT2D eigenvalue weighted by molar-refractivity contribution is -0.137. The highest BCUT2D eigenvalue weighted by Gasteiger charge is 2.37. The SMILES string of the molecule is CCOC(=O)C=Cc1cnc(NC2CCN(S(C)(=O)=O)CC2)nc1NC1CCCC1(C)O. The molecule has 2 heterocycles. The van der Waals surface area contributed by atoms with E-state index in [0.29, 0.717) is 49.7 Å². The predicted molar refractivity (Wildman–Crippen MR) is 123 cm³/mol. The molecule has 1 aromatic rings. The number of carbonyl (C=O) groups is 1. The summed E-state index contributed by atoms with van der Waals surface area (Å²) < 4.78 is 29.8. The van der Waals surface area contributed by atoms with E-state index in [0.717, 1.165) is 12.8 Å². The van der Waals surface area contributed by atoms with Gasteiger partial charge in [0.05, 0.1) is 24.5 Å². The molecule has 1 saturated carbocycles. The van der Waals surface area contributed by atoms with Crippen LogP contribution in [-0.2, 0) is 19.6 Å². The van der Waals surface area contributed by atoms with Crippen LogP contribution in [0.5, 0.6) is 0 Å². The molecule has 0 bridgehead atoms. The van der Waals surface area contributed by atoms with Crippen LogP contribution in [0.4, 0.5) is 11.8 Å². The molecule has 10 nitrogen and oxygen atoms in total. The zero-order valence-electron chi connectivity index (χ0n) is 18.9. The number of piperidine rings is 1. The van der Waals surface area contributed by atoms with Crippen molar-refractivity contribution >= 4 is 33.8 Å². The van der Waals surface area contributed by atoms with Crippen LogP contribution < -0.4 is 10.6 Å². The first-order valence-corrected chi connectivity index (χ1v) is 12.9. The summed E-state index contributed by atoms with van der Waals surface area (Å²) in [5.74, 6) is 0.478. The van der Waals surface area contributed by atoms with Crippen molar-refractivity contribution in [3.63, 3.8) is 0 Å². The van der Waals surface area contributed by atoms with Gasteiger partial charge in [0.2, 0.25) is 16.0 Å². The minimum absolute atomic E-state index is 0.0522. The molecule has 0 radical (unpaired) electrons. The number of carbonyl (C=O) groups excluding carboxylic acids is 1. The van der Waals surface area contributed by atoms with Gasteiger partial charge in [-0.25, -0.2) is 22.5 Å². The Kier molecular flexibility index (Phi) is 7.73. The second kappa shape index (κ2) is 10.1. The quantitative estimate of drug-likeness (QED) is 0.385. The Labute approximate surface area is 189 Å². The predicted octanol–water partition coefficient (Wildman–Crippen LogP) is 1.60.